The molecule has 0 spiro atoms. The first-order chi connectivity index (χ1) is 16.6. The second-order valence-electron chi connectivity index (χ2n) is 9.05. The quantitative estimate of drug-likeness (QED) is 0.194. The van der Waals surface area contributed by atoms with Crippen LogP contribution in [0.4, 0.5) is 0 Å². The Morgan fingerprint density at radius 3 is 1.53 bits per heavy atom. The zero-order chi connectivity index (χ0) is 25.3. The number of benzene rings is 2. The Morgan fingerprint density at radius 1 is 0.618 bits per heavy atom. The fraction of sp³-hybridized carbons (Fsp3) is 0.471. The minimum Gasteiger partial charge on any atom is -0.103 e. The molecule has 188 valence electrons. The van der Waals surface area contributed by atoms with Gasteiger partial charge in [-0.05, 0) is 48.6 Å². The topological polar surface area (TPSA) is 0 Å². The average Bonchev–Trinajstić information content (AvgIpc) is 2.90. The van der Waals surface area contributed by atoms with Gasteiger partial charge in [0.15, 0.2) is 0 Å². The molecule has 2 atom stereocenters. The maximum atomic E-state index is 3.74. The van der Waals surface area contributed by atoms with E-state index >= 15 is 0 Å². The molecule has 0 aliphatic heterocycles. The summed E-state index contributed by atoms with van der Waals surface area (Å²) in [6, 6.07) is 21.1. The normalized spacial score (nSPS) is 12.0. The summed E-state index contributed by atoms with van der Waals surface area (Å²) < 4.78 is 0. The van der Waals surface area contributed by atoms with Gasteiger partial charge >= 0.3 is 0 Å². The third-order valence-electron chi connectivity index (χ3n) is 5.92. The molecule has 0 heteroatoms. The summed E-state index contributed by atoms with van der Waals surface area (Å²) in [6.45, 7) is 16.3. The molecule has 0 saturated carbocycles. The first-order valence-electron chi connectivity index (χ1n) is 13.6. The van der Waals surface area contributed by atoms with E-state index in [4.69, 9.17) is 0 Å². The van der Waals surface area contributed by atoms with Crippen molar-refractivity contribution >= 4 is 0 Å². The molecule has 0 nitrogen and oxygen atoms in total. The molecule has 2 rings (SSSR count). The van der Waals surface area contributed by atoms with Crippen molar-refractivity contribution in [2.45, 2.75) is 104 Å². The molecule has 0 bridgehead atoms. The predicted molar refractivity (Wildman–Crippen MR) is 157 cm³/mol. The number of hydrogen-bond acceptors (Lipinski definition) is 0. The molecule has 0 saturated heterocycles. The fourth-order valence-electron chi connectivity index (χ4n) is 3.47. The van der Waals surface area contributed by atoms with Gasteiger partial charge in [-0.1, -0.05) is 151 Å². The minimum atomic E-state index is 0.473. The Kier molecular flexibility index (Phi) is 22.2. The smallest absolute Gasteiger partial charge is 0.00104 e. The standard InChI is InChI=1S/C16H24.C10H12.C8H16/c1-3-4-5-6-7-9-12-15(2)16-13-10-8-11-14-16;1-3-9(2)10-7-5-4-6-8-10;1-3-5-7-8-6-4-2/h8-15H,3-7H2,1-2H3;3-9H,1H2,2H3;3H,1,4-8H2,2H3. The van der Waals surface area contributed by atoms with E-state index in [-0.39, 0.29) is 0 Å². The van der Waals surface area contributed by atoms with Crippen molar-refractivity contribution in [1.82, 2.24) is 0 Å². The predicted octanol–water partition coefficient (Wildman–Crippen LogP) is 11.4. The van der Waals surface area contributed by atoms with E-state index < -0.39 is 0 Å². The lowest BCUT2D eigenvalue weighted by Gasteiger charge is -2.05. The Hall–Kier alpha value is -2.34. The number of hydrogen-bond donors (Lipinski definition) is 0. The molecule has 0 aromatic heterocycles. The summed E-state index contributed by atoms with van der Waals surface area (Å²) in [5, 5.41) is 0. The lowest BCUT2D eigenvalue weighted by Crippen LogP contribution is -1.87. The number of allylic oxidation sites excluding steroid dienone is 4. The molecule has 0 heterocycles. The lowest BCUT2D eigenvalue weighted by molar-refractivity contribution is 0.673. The highest BCUT2D eigenvalue weighted by atomic mass is 14.0. The summed E-state index contributed by atoms with van der Waals surface area (Å²) in [4.78, 5) is 0. The second kappa shape index (κ2) is 23.8. The van der Waals surface area contributed by atoms with Gasteiger partial charge in [-0.15, -0.1) is 13.2 Å². The Bertz CT molecular complexity index is 710. The van der Waals surface area contributed by atoms with Gasteiger partial charge in [-0.25, -0.2) is 0 Å². The molecule has 0 N–H and O–H groups in total. The van der Waals surface area contributed by atoms with Crippen LogP contribution in [0.15, 0.2) is 98.1 Å². The van der Waals surface area contributed by atoms with Crippen LogP contribution in [0.25, 0.3) is 0 Å². The molecule has 0 radical (unpaired) electrons. The maximum absolute atomic E-state index is 3.74. The third-order valence-corrected chi connectivity index (χ3v) is 5.92. The average molecular weight is 461 g/mol. The Morgan fingerprint density at radius 2 is 1.09 bits per heavy atom. The number of rotatable bonds is 14. The first kappa shape index (κ1) is 31.7. The van der Waals surface area contributed by atoms with Gasteiger partial charge in [0.2, 0.25) is 0 Å². The highest BCUT2D eigenvalue weighted by Gasteiger charge is 1.98. The van der Waals surface area contributed by atoms with Crippen LogP contribution in [0.5, 0.6) is 0 Å². The van der Waals surface area contributed by atoms with Crippen LogP contribution in [-0.2, 0) is 0 Å². The van der Waals surface area contributed by atoms with Gasteiger partial charge in [0.1, 0.15) is 0 Å². The SMILES string of the molecule is C=CC(C)c1ccccc1.C=CCCCCCC.CCCCCCC=CC(C)c1ccccc1. The lowest BCUT2D eigenvalue weighted by atomic mass is 10.0. The van der Waals surface area contributed by atoms with Crippen LogP contribution in [0.2, 0.25) is 0 Å². The van der Waals surface area contributed by atoms with E-state index in [1.165, 1.54) is 75.3 Å². The van der Waals surface area contributed by atoms with Crippen molar-refractivity contribution in [2.75, 3.05) is 0 Å². The molecule has 2 unspecified atom stereocenters. The fourth-order valence-corrected chi connectivity index (χ4v) is 3.47. The summed E-state index contributed by atoms with van der Waals surface area (Å²) in [5.74, 6) is 1.02. The van der Waals surface area contributed by atoms with Gasteiger partial charge in [0.05, 0.1) is 0 Å². The van der Waals surface area contributed by atoms with Crippen LogP contribution < -0.4 is 0 Å². The first-order valence-corrected chi connectivity index (χ1v) is 13.6. The van der Waals surface area contributed by atoms with Gasteiger partial charge in [0, 0.05) is 0 Å². The zero-order valence-corrected chi connectivity index (χ0v) is 22.7. The van der Waals surface area contributed by atoms with E-state index in [9.17, 15) is 0 Å². The van der Waals surface area contributed by atoms with Gasteiger partial charge in [-0.2, -0.15) is 0 Å². The van der Waals surface area contributed by atoms with E-state index in [1.807, 2.05) is 18.2 Å². The summed E-state index contributed by atoms with van der Waals surface area (Å²) in [7, 11) is 0. The van der Waals surface area contributed by atoms with Gasteiger partial charge < -0.3 is 0 Å². The Balaban J connectivity index is 0.000000520. The van der Waals surface area contributed by atoms with E-state index in [2.05, 4.69) is 108 Å². The molecule has 2 aromatic rings. The molecular formula is C34H52. The van der Waals surface area contributed by atoms with Crippen LogP contribution in [-0.4, -0.2) is 0 Å². The largest absolute Gasteiger partial charge is 0.103 e. The highest BCUT2D eigenvalue weighted by Crippen LogP contribution is 2.16. The molecule has 34 heavy (non-hydrogen) atoms. The van der Waals surface area contributed by atoms with Crippen molar-refractivity contribution in [3.05, 3.63) is 109 Å². The monoisotopic (exact) mass is 460 g/mol. The maximum Gasteiger partial charge on any atom is -0.00104 e. The van der Waals surface area contributed by atoms with Crippen molar-refractivity contribution in [2.24, 2.45) is 0 Å². The van der Waals surface area contributed by atoms with Crippen molar-refractivity contribution in [1.29, 1.82) is 0 Å². The minimum absolute atomic E-state index is 0.473. The van der Waals surface area contributed by atoms with Crippen molar-refractivity contribution in [3.63, 3.8) is 0 Å². The van der Waals surface area contributed by atoms with Crippen molar-refractivity contribution < 1.29 is 0 Å². The molecule has 0 fully saturated rings. The highest BCUT2D eigenvalue weighted by molar-refractivity contribution is 5.23. The van der Waals surface area contributed by atoms with E-state index in [1.54, 1.807) is 0 Å². The zero-order valence-electron chi connectivity index (χ0n) is 22.7. The summed E-state index contributed by atoms with van der Waals surface area (Å²) >= 11 is 0. The van der Waals surface area contributed by atoms with Gasteiger partial charge in [-0.3, -0.25) is 0 Å². The summed E-state index contributed by atoms with van der Waals surface area (Å²) in [6.07, 6.45) is 21.9. The molecule has 0 aliphatic carbocycles. The van der Waals surface area contributed by atoms with Crippen LogP contribution >= 0.6 is 0 Å². The molecule has 0 aliphatic rings. The van der Waals surface area contributed by atoms with Crippen LogP contribution in [0, 0.1) is 0 Å². The number of unbranched alkanes of at least 4 members (excludes halogenated alkanes) is 8. The van der Waals surface area contributed by atoms with Crippen LogP contribution in [0.3, 0.4) is 0 Å². The molecule has 2 aromatic carbocycles. The Labute approximate surface area is 212 Å². The summed E-state index contributed by atoms with van der Waals surface area (Å²) in [5.41, 5.74) is 2.74. The van der Waals surface area contributed by atoms with E-state index in [0.717, 1.165) is 0 Å². The van der Waals surface area contributed by atoms with Gasteiger partial charge in [0.25, 0.3) is 0 Å². The van der Waals surface area contributed by atoms with Crippen molar-refractivity contribution in [3.8, 4) is 0 Å². The van der Waals surface area contributed by atoms with E-state index in [0.29, 0.717) is 11.8 Å². The second-order valence-corrected chi connectivity index (χ2v) is 9.05. The molecular weight excluding hydrogens is 408 g/mol. The third kappa shape index (κ3) is 18.1. The van der Waals surface area contributed by atoms with Crippen LogP contribution in [0.1, 0.15) is 115 Å². The molecule has 0 amide bonds.